The highest BCUT2D eigenvalue weighted by molar-refractivity contribution is 6.15. The molecule has 0 bridgehead atoms. The molecule has 2 aromatic heterocycles. The van der Waals surface area contributed by atoms with Crippen LogP contribution >= 0.6 is 0 Å². The predicted molar refractivity (Wildman–Crippen MR) is 95.8 cm³/mol. The fourth-order valence-electron chi connectivity index (χ4n) is 2.84. The van der Waals surface area contributed by atoms with E-state index in [4.69, 9.17) is 5.73 Å². The molecule has 0 amide bonds. The van der Waals surface area contributed by atoms with Crippen molar-refractivity contribution in [2.45, 2.75) is 0 Å². The number of carbonyl (C=O) groups excluding carboxylic acids is 1. The van der Waals surface area contributed by atoms with Crippen LogP contribution in [-0.4, -0.2) is 25.9 Å². The summed E-state index contributed by atoms with van der Waals surface area (Å²) in [4.78, 5) is 20.2. The summed E-state index contributed by atoms with van der Waals surface area (Å²) in [6.45, 7) is 0. The largest absolute Gasteiger partial charge is 0.383 e. The van der Waals surface area contributed by atoms with Crippen LogP contribution in [0.2, 0.25) is 0 Å². The van der Waals surface area contributed by atoms with Crippen LogP contribution in [0.1, 0.15) is 15.9 Å². The van der Waals surface area contributed by atoms with Crippen molar-refractivity contribution in [2.24, 2.45) is 0 Å². The van der Waals surface area contributed by atoms with Crippen molar-refractivity contribution in [3.63, 3.8) is 0 Å². The van der Waals surface area contributed by atoms with E-state index in [1.165, 1.54) is 6.07 Å². The number of hydrogen-bond acceptors (Lipinski definition) is 4. The highest BCUT2D eigenvalue weighted by Gasteiger charge is 2.24. The zero-order valence-electron chi connectivity index (χ0n) is 13.8. The van der Waals surface area contributed by atoms with E-state index in [1.54, 1.807) is 36.7 Å². The molecular formula is C19H13F2N5O. The third kappa shape index (κ3) is 2.97. The van der Waals surface area contributed by atoms with E-state index < -0.39 is 17.4 Å². The normalized spacial score (nSPS) is 10.9. The van der Waals surface area contributed by atoms with Gasteiger partial charge in [-0.05, 0) is 18.2 Å². The van der Waals surface area contributed by atoms with Gasteiger partial charge in [-0.25, -0.2) is 13.8 Å². The van der Waals surface area contributed by atoms with Gasteiger partial charge in [0.2, 0.25) is 0 Å². The molecule has 0 saturated heterocycles. The fraction of sp³-hybridized carbons (Fsp3) is 0. The number of aromatic nitrogens is 4. The maximum Gasteiger partial charge on any atom is 0.199 e. The van der Waals surface area contributed by atoms with Gasteiger partial charge in [0.15, 0.2) is 5.78 Å². The minimum absolute atomic E-state index is 0.00197. The van der Waals surface area contributed by atoms with E-state index in [9.17, 15) is 13.6 Å². The highest BCUT2D eigenvalue weighted by atomic mass is 19.1. The van der Waals surface area contributed by atoms with Crippen molar-refractivity contribution < 1.29 is 13.6 Å². The summed E-state index contributed by atoms with van der Waals surface area (Å²) < 4.78 is 27.4. The number of ketones is 1. The number of hydrogen-bond donors (Lipinski definition) is 3. The lowest BCUT2D eigenvalue weighted by Gasteiger charge is -2.06. The zero-order valence-corrected chi connectivity index (χ0v) is 13.8. The van der Waals surface area contributed by atoms with Gasteiger partial charge in [-0.15, -0.1) is 0 Å². The van der Waals surface area contributed by atoms with Crippen LogP contribution in [0.5, 0.6) is 0 Å². The first kappa shape index (κ1) is 16.6. The second-order valence-corrected chi connectivity index (χ2v) is 5.83. The molecule has 0 radical (unpaired) electrons. The van der Waals surface area contributed by atoms with E-state index in [1.807, 2.05) is 0 Å². The molecule has 0 saturated carbocycles. The van der Waals surface area contributed by atoms with Crippen molar-refractivity contribution in [1.29, 1.82) is 0 Å². The molecule has 0 unspecified atom stereocenters. The van der Waals surface area contributed by atoms with Gasteiger partial charge in [-0.2, -0.15) is 5.10 Å². The molecule has 27 heavy (non-hydrogen) atoms. The number of imidazole rings is 1. The summed E-state index contributed by atoms with van der Waals surface area (Å²) in [5.74, 6) is -1.39. The summed E-state index contributed by atoms with van der Waals surface area (Å²) >= 11 is 0. The van der Waals surface area contributed by atoms with Crippen molar-refractivity contribution in [3.05, 3.63) is 77.6 Å². The lowest BCUT2D eigenvalue weighted by Crippen LogP contribution is -2.06. The van der Waals surface area contributed by atoms with Gasteiger partial charge in [-0.3, -0.25) is 9.89 Å². The Bertz CT molecular complexity index is 1130. The van der Waals surface area contributed by atoms with Crippen LogP contribution in [0.15, 0.2) is 54.9 Å². The van der Waals surface area contributed by atoms with Crippen molar-refractivity contribution in [3.8, 4) is 22.6 Å². The molecule has 4 rings (SSSR count). The Kier molecular flexibility index (Phi) is 4.00. The van der Waals surface area contributed by atoms with Crippen molar-refractivity contribution >= 4 is 11.6 Å². The summed E-state index contributed by atoms with van der Waals surface area (Å²) in [6.07, 6.45) is 3.28. The summed E-state index contributed by atoms with van der Waals surface area (Å²) in [5.41, 5.74) is 6.95. The number of nitrogen functional groups attached to an aromatic ring is 1. The van der Waals surface area contributed by atoms with E-state index in [0.717, 1.165) is 12.1 Å². The van der Waals surface area contributed by atoms with Gasteiger partial charge in [0.05, 0.1) is 5.56 Å². The van der Waals surface area contributed by atoms with Gasteiger partial charge in [-0.1, -0.05) is 18.2 Å². The number of halogens is 2. The number of anilines is 1. The van der Waals surface area contributed by atoms with Crippen LogP contribution in [-0.2, 0) is 0 Å². The minimum Gasteiger partial charge on any atom is -0.383 e. The number of nitrogens with zero attached hydrogens (tertiary/aromatic N) is 2. The quantitative estimate of drug-likeness (QED) is 0.481. The number of carbonyl (C=O) groups is 1. The zero-order chi connectivity index (χ0) is 19.0. The van der Waals surface area contributed by atoms with Crippen molar-refractivity contribution in [1.82, 2.24) is 20.2 Å². The molecule has 4 aromatic rings. The van der Waals surface area contributed by atoms with E-state index in [2.05, 4.69) is 20.2 Å². The molecule has 0 aliphatic carbocycles. The van der Waals surface area contributed by atoms with E-state index >= 15 is 0 Å². The summed E-state index contributed by atoms with van der Waals surface area (Å²) in [5, 5.41) is 6.44. The van der Waals surface area contributed by atoms with Crippen LogP contribution in [0.25, 0.3) is 22.6 Å². The average molecular weight is 365 g/mol. The van der Waals surface area contributed by atoms with Crippen LogP contribution in [0, 0.1) is 11.6 Å². The molecule has 2 heterocycles. The maximum absolute atomic E-state index is 14.2. The first-order chi connectivity index (χ1) is 13.0. The highest BCUT2D eigenvalue weighted by Crippen LogP contribution is 2.30. The number of H-pyrrole nitrogens is 2. The monoisotopic (exact) mass is 365 g/mol. The van der Waals surface area contributed by atoms with E-state index in [0.29, 0.717) is 17.0 Å². The molecule has 8 heteroatoms. The Morgan fingerprint density at radius 3 is 2.70 bits per heavy atom. The Balaban J connectivity index is 1.80. The molecule has 0 spiro atoms. The third-order valence-corrected chi connectivity index (χ3v) is 4.10. The molecular weight excluding hydrogens is 352 g/mol. The fourth-order valence-corrected chi connectivity index (χ4v) is 2.84. The van der Waals surface area contributed by atoms with Gasteiger partial charge < -0.3 is 10.7 Å². The Labute approximate surface area is 152 Å². The molecule has 0 atom stereocenters. The third-order valence-electron chi connectivity index (χ3n) is 4.10. The SMILES string of the molecule is Nc1[nH]nc(-c2ccc(F)cc2F)c1C(=O)c1cccc(-c2ncc[nH]2)c1. The van der Waals surface area contributed by atoms with E-state index in [-0.39, 0.29) is 22.6 Å². The molecule has 6 nitrogen and oxygen atoms in total. The standard InChI is InChI=1S/C19H13F2N5O/c20-12-4-5-13(14(21)9-12)16-15(18(22)26-25-16)17(27)10-2-1-3-11(8-10)19-23-6-7-24-19/h1-9H,(H,23,24)(H3,22,25,26). The molecule has 134 valence electrons. The molecule has 4 N–H and O–H groups in total. The Hall–Kier alpha value is -3.81. The van der Waals surface area contributed by atoms with Crippen LogP contribution in [0.3, 0.4) is 0 Å². The van der Waals surface area contributed by atoms with Crippen LogP contribution < -0.4 is 5.73 Å². The smallest absolute Gasteiger partial charge is 0.199 e. The predicted octanol–water partition coefficient (Wildman–Crippen LogP) is 3.56. The van der Waals surface area contributed by atoms with Gasteiger partial charge in [0.1, 0.15) is 29.0 Å². The molecule has 0 aliphatic rings. The minimum atomic E-state index is -0.833. The Morgan fingerprint density at radius 2 is 1.96 bits per heavy atom. The number of nitrogens with one attached hydrogen (secondary N) is 2. The molecule has 0 aliphatic heterocycles. The lowest BCUT2D eigenvalue weighted by molar-refractivity contribution is 0.104. The second kappa shape index (κ2) is 6.49. The summed E-state index contributed by atoms with van der Waals surface area (Å²) in [7, 11) is 0. The van der Waals surface area contributed by atoms with Gasteiger partial charge in [0, 0.05) is 35.2 Å². The van der Waals surface area contributed by atoms with Crippen LogP contribution in [0.4, 0.5) is 14.6 Å². The summed E-state index contributed by atoms with van der Waals surface area (Å²) in [6, 6.07) is 9.82. The van der Waals surface area contributed by atoms with Gasteiger partial charge >= 0.3 is 0 Å². The number of aromatic amines is 2. The lowest BCUT2D eigenvalue weighted by atomic mass is 9.98. The first-order valence-corrected chi connectivity index (χ1v) is 7.98. The number of nitrogens with two attached hydrogens (primary N) is 1. The number of rotatable bonds is 4. The Morgan fingerprint density at radius 1 is 1.11 bits per heavy atom. The topological polar surface area (TPSA) is 100 Å². The molecule has 2 aromatic carbocycles. The first-order valence-electron chi connectivity index (χ1n) is 7.98. The number of benzene rings is 2. The maximum atomic E-state index is 14.2. The van der Waals surface area contributed by atoms with Crippen molar-refractivity contribution in [2.75, 3.05) is 5.73 Å². The average Bonchev–Trinajstić information content (AvgIpc) is 3.31. The second-order valence-electron chi connectivity index (χ2n) is 5.83. The molecule has 0 fully saturated rings. The van der Waals surface area contributed by atoms with Gasteiger partial charge in [0.25, 0.3) is 0 Å².